The fourth-order valence-electron chi connectivity index (χ4n) is 1.84. The summed E-state index contributed by atoms with van der Waals surface area (Å²) in [7, 11) is 1.87. The number of aromatic nitrogens is 3. The van der Waals surface area contributed by atoms with Crippen molar-refractivity contribution in [1.29, 1.82) is 0 Å². The Morgan fingerprint density at radius 1 is 1.58 bits per heavy atom. The Labute approximate surface area is 71.8 Å². The van der Waals surface area contributed by atoms with Crippen LogP contribution >= 0.6 is 0 Å². The van der Waals surface area contributed by atoms with Crippen LogP contribution in [0.2, 0.25) is 0 Å². The highest BCUT2D eigenvalue weighted by atomic mass is 15.5. The monoisotopic (exact) mass is 166 g/mol. The van der Waals surface area contributed by atoms with Crippen molar-refractivity contribution in [2.75, 3.05) is 6.54 Å². The molecule has 2 rings (SSSR count). The Morgan fingerprint density at radius 2 is 2.42 bits per heavy atom. The predicted molar refractivity (Wildman–Crippen MR) is 45.7 cm³/mol. The number of hydrogen-bond donors (Lipinski definition) is 1. The number of hydrogen-bond acceptors (Lipinski definition) is 3. The first-order chi connectivity index (χ1) is 5.81. The molecule has 0 amide bonds. The van der Waals surface area contributed by atoms with Crippen molar-refractivity contribution in [2.24, 2.45) is 12.8 Å². The Morgan fingerprint density at radius 3 is 3.17 bits per heavy atom. The molecule has 1 heterocycles. The average Bonchev–Trinajstić information content (AvgIpc) is 2.44. The second-order valence-corrected chi connectivity index (χ2v) is 3.35. The molecule has 0 radical (unpaired) electrons. The van der Waals surface area contributed by atoms with Crippen LogP contribution in [0.5, 0.6) is 0 Å². The lowest BCUT2D eigenvalue weighted by atomic mass is 9.90. The molecule has 0 saturated heterocycles. The van der Waals surface area contributed by atoms with Crippen molar-refractivity contribution in [3.63, 3.8) is 0 Å². The highest BCUT2D eigenvalue weighted by Gasteiger charge is 2.23. The van der Waals surface area contributed by atoms with E-state index < -0.39 is 0 Å². The molecule has 1 aliphatic rings. The molecule has 0 aromatic carbocycles. The molecule has 12 heavy (non-hydrogen) atoms. The molecule has 0 aliphatic heterocycles. The van der Waals surface area contributed by atoms with Gasteiger partial charge in [-0.1, -0.05) is 0 Å². The molecule has 1 aliphatic carbocycles. The summed E-state index contributed by atoms with van der Waals surface area (Å²) < 4.78 is 0. The summed E-state index contributed by atoms with van der Waals surface area (Å²) in [6.45, 7) is 0.700. The quantitative estimate of drug-likeness (QED) is 0.648. The first-order valence-corrected chi connectivity index (χ1v) is 4.41. The zero-order valence-corrected chi connectivity index (χ0v) is 7.32. The largest absolute Gasteiger partial charge is 0.330 e. The van der Waals surface area contributed by atoms with Crippen molar-refractivity contribution in [3.05, 3.63) is 11.4 Å². The van der Waals surface area contributed by atoms with E-state index in [0.29, 0.717) is 12.5 Å². The second kappa shape index (κ2) is 2.86. The maximum atomic E-state index is 5.65. The highest BCUT2D eigenvalue weighted by Crippen LogP contribution is 2.27. The smallest absolute Gasteiger partial charge is 0.0902 e. The van der Waals surface area contributed by atoms with Crippen LogP contribution in [0, 0.1) is 0 Å². The van der Waals surface area contributed by atoms with E-state index in [9.17, 15) is 0 Å². The molecule has 0 bridgehead atoms. The van der Waals surface area contributed by atoms with E-state index in [1.165, 1.54) is 12.8 Å². The third-order valence-corrected chi connectivity index (χ3v) is 2.45. The Balaban J connectivity index is 2.36. The van der Waals surface area contributed by atoms with Crippen LogP contribution in [0.15, 0.2) is 0 Å². The number of rotatable bonds is 1. The van der Waals surface area contributed by atoms with Gasteiger partial charge in [-0.2, -0.15) is 15.0 Å². The van der Waals surface area contributed by atoms with Gasteiger partial charge in [-0.05, 0) is 19.3 Å². The summed E-state index contributed by atoms with van der Waals surface area (Å²) in [4.78, 5) is 1.65. The van der Waals surface area contributed by atoms with Crippen LogP contribution in [-0.2, 0) is 13.5 Å². The van der Waals surface area contributed by atoms with E-state index in [0.717, 1.165) is 17.8 Å². The summed E-state index contributed by atoms with van der Waals surface area (Å²) in [5, 5.41) is 8.63. The third-order valence-electron chi connectivity index (χ3n) is 2.45. The molecule has 4 nitrogen and oxygen atoms in total. The van der Waals surface area contributed by atoms with Gasteiger partial charge in [0.05, 0.1) is 11.4 Å². The van der Waals surface area contributed by atoms with E-state index in [1.807, 2.05) is 7.05 Å². The highest BCUT2D eigenvalue weighted by molar-refractivity contribution is 5.18. The summed E-state index contributed by atoms with van der Waals surface area (Å²) >= 11 is 0. The minimum atomic E-state index is 0.447. The van der Waals surface area contributed by atoms with Crippen molar-refractivity contribution in [2.45, 2.75) is 25.2 Å². The van der Waals surface area contributed by atoms with Gasteiger partial charge < -0.3 is 5.73 Å². The summed E-state index contributed by atoms with van der Waals surface area (Å²) in [5.41, 5.74) is 7.93. The Hall–Kier alpha value is -0.900. The van der Waals surface area contributed by atoms with Crippen LogP contribution < -0.4 is 5.73 Å². The lowest BCUT2D eigenvalue weighted by Gasteiger charge is -2.17. The maximum Gasteiger partial charge on any atom is 0.0902 e. The first-order valence-electron chi connectivity index (χ1n) is 4.41. The Bertz CT molecular complexity index is 279. The van der Waals surface area contributed by atoms with Crippen LogP contribution in [0.3, 0.4) is 0 Å². The van der Waals surface area contributed by atoms with Crippen LogP contribution in [0.1, 0.15) is 30.1 Å². The standard InChI is InChI=1S/C8H14N4/c1-12-10-7-4-2-3-6(5-9)8(7)11-12/h6H,2-5,9H2,1H3. The zero-order chi connectivity index (χ0) is 8.55. The summed E-state index contributed by atoms with van der Waals surface area (Å²) in [6.07, 6.45) is 3.44. The summed E-state index contributed by atoms with van der Waals surface area (Å²) in [5.74, 6) is 0.447. The van der Waals surface area contributed by atoms with Crippen LogP contribution in [-0.4, -0.2) is 21.5 Å². The van der Waals surface area contributed by atoms with Crippen LogP contribution in [0.4, 0.5) is 0 Å². The predicted octanol–water partition coefficient (Wildman–Crippen LogP) is 0.194. The van der Waals surface area contributed by atoms with Crippen molar-refractivity contribution in [3.8, 4) is 0 Å². The van der Waals surface area contributed by atoms with Gasteiger partial charge in [0.15, 0.2) is 0 Å². The van der Waals surface area contributed by atoms with Gasteiger partial charge in [-0.3, -0.25) is 0 Å². The number of fused-ring (bicyclic) bond motifs is 1. The molecule has 0 saturated carbocycles. The molecule has 1 aromatic rings. The number of nitrogens with two attached hydrogens (primary N) is 1. The third kappa shape index (κ3) is 1.12. The SMILES string of the molecule is Cn1nc2c(n1)C(CN)CCC2. The molecule has 1 atom stereocenters. The van der Waals surface area contributed by atoms with E-state index in [-0.39, 0.29) is 0 Å². The molecule has 4 heteroatoms. The topological polar surface area (TPSA) is 56.7 Å². The van der Waals surface area contributed by atoms with Crippen LogP contribution in [0.25, 0.3) is 0 Å². The first kappa shape index (κ1) is 7.73. The molecular weight excluding hydrogens is 152 g/mol. The number of aryl methyl sites for hydroxylation is 2. The minimum Gasteiger partial charge on any atom is -0.330 e. The van der Waals surface area contributed by atoms with Gasteiger partial charge in [-0.25, -0.2) is 0 Å². The summed E-state index contributed by atoms with van der Waals surface area (Å²) in [6, 6.07) is 0. The maximum absolute atomic E-state index is 5.65. The van der Waals surface area contributed by atoms with Gasteiger partial charge in [0, 0.05) is 19.5 Å². The molecule has 2 N–H and O–H groups in total. The Kier molecular flexibility index (Phi) is 1.84. The zero-order valence-electron chi connectivity index (χ0n) is 7.32. The van der Waals surface area contributed by atoms with Gasteiger partial charge in [-0.15, -0.1) is 0 Å². The van der Waals surface area contributed by atoms with Crippen molar-refractivity contribution in [1.82, 2.24) is 15.0 Å². The fraction of sp³-hybridized carbons (Fsp3) is 0.750. The fourth-order valence-corrected chi connectivity index (χ4v) is 1.84. The van der Waals surface area contributed by atoms with Crippen molar-refractivity contribution < 1.29 is 0 Å². The molecular formula is C8H14N4. The lowest BCUT2D eigenvalue weighted by molar-refractivity contribution is 0.543. The normalized spacial score (nSPS) is 22.3. The van der Waals surface area contributed by atoms with Gasteiger partial charge in [0.25, 0.3) is 0 Å². The second-order valence-electron chi connectivity index (χ2n) is 3.35. The number of nitrogens with zero attached hydrogens (tertiary/aromatic N) is 3. The molecule has 1 aromatic heterocycles. The van der Waals surface area contributed by atoms with Gasteiger partial charge >= 0.3 is 0 Å². The van der Waals surface area contributed by atoms with Gasteiger partial charge in [0.1, 0.15) is 0 Å². The van der Waals surface area contributed by atoms with Crippen molar-refractivity contribution >= 4 is 0 Å². The average molecular weight is 166 g/mol. The molecule has 66 valence electrons. The minimum absolute atomic E-state index is 0.447. The molecule has 1 unspecified atom stereocenters. The van der Waals surface area contributed by atoms with Gasteiger partial charge in [0.2, 0.25) is 0 Å². The van der Waals surface area contributed by atoms with E-state index in [2.05, 4.69) is 10.2 Å². The van der Waals surface area contributed by atoms with E-state index in [4.69, 9.17) is 5.73 Å². The molecule has 0 spiro atoms. The molecule has 0 fully saturated rings. The van der Waals surface area contributed by atoms with E-state index >= 15 is 0 Å². The van der Waals surface area contributed by atoms with E-state index in [1.54, 1.807) is 4.80 Å². The lowest BCUT2D eigenvalue weighted by Crippen LogP contribution is -2.18.